The topological polar surface area (TPSA) is 159 Å². The molecular weight excluding hydrogens is 432 g/mol. The number of rotatable bonds is 6. The third-order valence-corrected chi connectivity index (χ3v) is 6.17. The van der Waals surface area contributed by atoms with Crippen LogP contribution in [0.1, 0.15) is 30.3 Å². The van der Waals surface area contributed by atoms with Gasteiger partial charge in [-0.3, -0.25) is 24.4 Å². The molecular formula is C19H20N10O2S. The van der Waals surface area contributed by atoms with Crippen molar-refractivity contribution in [3.8, 4) is 0 Å². The van der Waals surface area contributed by atoms with Crippen LogP contribution < -0.4 is 21.3 Å². The van der Waals surface area contributed by atoms with Crippen molar-refractivity contribution < 1.29 is 9.59 Å². The van der Waals surface area contributed by atoms with Crippen LogP contribution in [0.15, 0.2) is 36.0 Å². The normalized spacial score (nSPS) is 18.2. The molecule has 0 radical (unpaired) electrons. The van der Waals surface area contributed by atoms with Crippen molar-refractivity contribution in [3.05, 3.63) is 41.7 Å². The van der Waals surface area contributed by atoms with Gasteiger partial charge < -0.3 is 16.0 Å². The summed E-state index contributed by atoms with van der Waals surface area (Å²) < 4.78 is 1.76. The number of aromatic nitrogens is 6. The summed E-state index contributed by atoms with van der Waals surface area (Å²) in [5, 5.41) is 15.0. The monoisotopic (exact) mass is 452 g/mol. The molecule has 4 aromatic heterocycles. The lowest BCUT2D eigenvalue weighted by Gasteiger charge is -2.33. The van der Waals surface area contributed by atoms with Crippen molar-refractivity contribution in [3.63, 3.8) is 0 Å². The molecule has 1 aliphatic heterocycles. The number of carbonyl (C=O) groups is 2. The van der Waals surface area contributed by atoms with E-state index in [1.807, 2.05) is 29.3 Å². The van der Waals surface area contributed by atoms with Gasteiger partial charge in [-0.1, -0.05) is 0 Å². The minimum atomic E-state index is -0.834. The number of hydrogen-bond donors (Lipinski definition) is 4. The number of amides is 2. The summed E-state index contributed by atoms with van der Waals surface area (Å²) in [5.41, 5.74) is 5.28. The van der Waals surface area contributed by atoms with Gasteiger partial charge >= 0.3 is 0 Å². The second-order valence-corrected chi connectivity index (χ2v) is 8.45. The smallest absolute Gasteiger partial charge is 0.266 e. The zero-order valence-corrected chi connectivity index (χ0v) is 17.9. The molecule has 0 bridgehead atoms. The third-order valence-electron chi connectivity index (χ3n) is 5.48. The Morgan fingerprint density at radius 3 is 2.97 bits per heavy atom. The number of carbonyl (C=O) groups excluding carboxylic acids is 2. The molecule has 2 amide bonds. The number of anilines is 4. The summed E-state index contributed by atoms with van der Waals surface area (Å²) in [6.07, 6.45) is 4.93. The van der Waals surface area contributed by atoms with E-state index in [4.69, 9.17) is 5.73 Å². The lowest BCUT2D eigenvalue weighted by Crippen LogP contribution is -2.51. The van der Waals surface area contributed by atoms with Gasteiger partial charge in [-0.25, -0.2) is 4.98 Å². The Bertz CT molecular complexity index is 1300. The molecule has 4 aromatic rings. The molecule has 0 aliphatic carbocycles. The Balaban J connectivity index is 1.49. The fraction of sp³-hybridized carbons (Fsp3) is 0.263. The molecule has 1 aliphatic rings. The maximum Gasteiger partial charge on any atom is 0.266 e. The van der Waals surface area contributed by atoms with E-state index in [0.29, 0.717) is 41.5 Å². The summed E-state index contributed by atoms with van der Waals surface area (Å²) >= 11 is 1.37. The largest absolute Gasteiger partial charge is 0.364 e. The Labute approximate surface area is 185 Å². The zero-order chi connectivity index (χ0) is 22.3. The lowest BCUT2D eigenvalue weighted by atomic mass is 9.98. The number of fused-ring (bicyclic) bond motifs is 1. The molecule has 13 heteroatoms. The van der Waals surface area contributed by atoms with Gasteiger partial charge in [0.1, 0.15) is 16.9 Å². The van der Waals surface area contributed by atoms with E-state index in [-0.39, 0.29) is 11.6 Å². The summed E-state index contributed by atoms with van der Waals surface area (Å²) in [5.74, 6) is 0.464. The van der Waals surface area contributed by atoms with Crippen LogP contribution in [0.2, 0.25) is 0 Å². The molecule has 0 spiro atoms. The number of nitrogens with one attached hydrogen (secondary N) is 3. The number of hydrogen-bond acceptors (Lipinski definition) is 9. The van der Waals surface area contributed by atoms with Crippen molar-refractivity contribution in [2.45, 2.75) is 25.3 Å². The van der Waals surface area contributed by atoms with E-state index >= 15 is 0 Å². The van der Waals surface area contributed by atoms with Gasteiger partial charge in [0.05, 0.1) is 0 Å². The first kappa shape index (κ1) is 19.9. The van der Waals surface area contributed by atoms with Crippen molar-refractivity contribution in [1.82, 2.24) is 29.5 Å². The first-order valence-corrected chi connectivity index (χ1v) is 10.8. The van der Waals surface area contributed by atoms with Gasteiger partial charge in [0.2, 0.25) is 11.9 Å². The first-order chi connectivity index (χ1) is 15.4. The van der Waals surface area contributed by atoms with Crippen molar-refractivity contribution >= 4 is 51.6 Å². The van der Waals surface area contributed by atoms with E-state index in [1.54, 1.807) is 16.8 Å². The molecule has 1 atom stereocenters. The predicted molar refractivity (Wildman–Crippen MR) is 119 cm³/mol. The standard InChI is InChI=1S/C19H20N10O2S/c1-19(15(31)24-18-21-6-9-32-18)5-3-8-29(19)17-23-13-4-2-7-28(13)16(25-17)22-12-10-11(14(20)30)26-27-12/h2,4,6-7,9-10H,3,5,8H2,1H3,(H2,20,30)(H,21,24,31)(H2,22,23,25,26,27). The van der Waals surface area contributed by atoms with Crippen molar-refractivity contribution in [2.24, 2.45) is 5.73 Å². The highest BCUT2D eigenvalue weighted by atomic mass is 32.1. The van der Waals surface area contributed by atoms with Gasteiger partial charge in [0.15, 0.2) is 10.9 Å². The molecule has 1 saturated heterocycles. The number of thiazole rings is 1. The highest BCUT2D eigenvalue weighted by molar-refractivity contribution is 7.13. The van der Waals surface area contributed by atoms with Crippen LogP contribution in [0.25, 0.3) is 5.65 Å². The highest BCUT2D eigenvalue weighted by Crippen LogP contribution is 2.34. The number of H-pyrrole nitrogens is 1. The van der Waals surface area contributed by atoms with E-state index in [0.717, 1.165) is 6.42 Å². The fourth-order valence-corrected chi connectivity index (χ4v) is 4.31. The molecule has 1 fully saturated rings. The van der Waals surface area contributed by atoms with Gasteiger partial charge in [-0.05, 0) is 31.9 Å². The summed E-state index contributed by atoms with van der Waals surface area (Å²) in [6.45, 7) is 2.51. The van der Waals surface area contributed by atoms with Gasteiger partial charge in [0, 0.05) is 30.4 Å². The van der Waals surface area contributed by atoms with Gasteiger partial charge in [0.25, 0.3) is 11.8 Å². The minimum absolute atomic E-state index is 0.156. The summed E-state index contributed by atoms with van der Waals surface area (Å²) in [7, 11) is 0. The summed E-state index contributed by atoms with van der Waals surface area (Å²) in [6, 6.07) is 5.19. The van der Waals surface area contributed by atoms with Crippen LogP contribution in [-0.4, -0.2) is 53.4 Å². The average Bonchev–Trinajstić information content (AvgIpc) is 3.55. The lowest BCUT2D eigenvalue weighted by molar-refractivity contribution is -0.120. The molecule has 0 aromatic carbocycles. The second-order valence-electron chi connectivity index (χ2n) is 7.56. The molecule has 32 heavy (non-hydrogen) atoms. The van der Waals surface area contributed by atoms with E-state index in [2.05, 4.69) is 35.8 Å². The Morgan fingerprint density at radius 2 is 2.22 bits per heavy atom. The van der Waals surface area contributed by atoms with E-state index in [1.165, 1.54) is 17.4 Å². The SMILES string of the molecule is CC1(C(=O)Nc2nccs2)CCCN1c1nc(Nc2cc(C(N)=O)[nH]n2)n2cccc2n1. The molecule has 5 rings (SSSR count). The number of nitrogens with zero attached hydrogens (tertiary/aromatic N) is 6. The number of nitrogens with two attached hydrogens (primary N) is 1. The van der Waals surface area contributed by atoms with E-state index in [9.17, 15) is 9.59 Å². The Kier molecular flexibility index (Phi) is 4.74. The first-order valence-electron chi connectivity index (χ1n) is 9.90. The van der Waals surface area contributed by atoms with E-state index < -0.39 is 11.4 Å². The van der Waals surface area contributed by atoms with Gasteiger partial charge in [-0.2, -0.15) is 15.1 Å². The van der Waals surface area contributed by atoms with Crippen LogP contribution in [-0.2, 0) is 4.79 Å². The molecule has 0 saturated carbocycles. The summed E-state index contributed by atoms with van der Waals surface area (Å²) in [4.78, 5) is 39.9. The second kappa shape index (κ2) is 7.60. The minimum Gasteiger partial charge on any atom is -0.364 e. The maximum atomic E-state index is 13.2. The van der Waals surface area contributed by atoms with Crippen LogP contribution in [0, 0.1) is 0 Å². The van der Waals surface area contributed by atoms with Crippen molar-refractivity contribution in [2.75, 3.05) is 22.1 Å². The van der Waals surface area contributed by atoms with Crippen LogP contribution in [0.3, 0.4) is 0 Å². The molecule has 5 N–H and O–H groups in total. The van der Waals surface area contributed by atoms with Crippen LogP contribution >= 0.6 is 11.3 Å². The molecule has 5 heterocycles. The molecule has 164 valence electrons. The Morgan fingerprint density at radius 1 is 1.34 bits per heavy atom. The predicted octanol–water partition coefficient (Wildman–Crippen LogP) is 1.75. The third kappa shape index (κ3) is 3.41. The Hall–Kier alpha value is -4.00. The number of primary amides is 1. The molecule has 1 unspecified atom stereocenters. The van der Waals surface area contributed by atoms with Crippen LogP contribution in [0.5, 0.6) is 0 Å². The highest BCUT2D eigenvalue weighted by Gasteiger charge is 2.45. The maximum absolute atomic E-state index is 13.2. The molecule has 12 nitrogen and oxygen atoms in total. The fourth-order valence-electron chi connectivity index (χ4n) is 3.79. The zero-order valence-electron chi connectivity index (χ0n) is 17.1. The van der Waals surface area contributed by atoms with Crippen molar-refractivity contribution in [1.29, 1.82) is 0 Å². The quantitative estimate of drug-likeness (QED) is 0.344. The van der Waals surface area contributed by atoms with Crippen LogP contribution in [0.4, 0.5) is 22.8 Å². The number of aromatic amines is 1. The van der Waals surface area contributed by atoms with Gasteiger partial charge in [-0.15, -0.1) is 11.3 Å². The average molecular weight is 453 g/mol.